The number of ether oxygens (including phenoxy) is 1. The largest absolute Gasteiger partial charge is 0.588 e. The Hall–Kier alpha value is -3.72. The molecule has 0 saturated carbocycles. The molecule has 1 atom stereocenters. The topological polar surface area (TPSA) is 85.4 Å². The first kappa shape index (κ1) is 26.3. The zero-order valence-corrected chi connectivity index (χ0v) is 21.5. The second-order valence-electron chi connectivity index (χ2n) is 7.96. The lowest BCUT2D eigenvalue weighted by atomic mass is 10.1. The van der Waals surface area contributed by atoms with Gasteiger partial charge in [0, 0.05) is 30.4 Å². The van der Waals surface area contributed by atoms with Crippen LogP contribution in [0.5, 0.6) is 5.75 Å². The van der Waals surface area contributed by atoms with Crippen LogP contribution in [0.1, 0.15) is 10.4 Å². The first-order valence-electron chi connectivity index (χ1n) is 11.4. The molecule has 0 heterocycles. The van der Waals surface area contributed by atoms with E-state index in [1.807, 2.05) is 12.1 Å². The number of methoxy groups -OCH3 is 1. The van der Waals surface area contributed by atoms with Crippen molar-refractivity contribution in [1.82, 2.24) is 5.32 Å². The molecule has 0 spiro atoms. The maximum absolute atomic E-state index is 14.3. The third-order valence-corrected chi connectivity index (χ3v) is 6.95. The number of benzene rings is 4. The van der Waals surface area contributed by atoms with Crippen molar-refractivity contribution in [3.63, 3.8) is 0 Å². The van der Waals surface area contributed by atoms with Crippen LogP contribution in [-0.4, -0.2) is 30.7 Å². The van der Waals surface area contributed by atoms with E-state index in [1.165, 1.54) is 13.2 Å². The minimum atomic E-state index is -1.68. The first-order chi connectivity index (χ1) is 18.0. The number of carbonyl (C=O) groups excluding carboxylic acids is 1. The number of rotatable bonds is 10. The smallest absolute Gasteiger partial charge is 0.252 e. The molecule has 6 nitrogen and oxygen atoms in total. The maximum atomic E-state index is 14.3. The van der Waals surface area contributed by atoms with Gasteiger partial charge >= 0.3 is 0 Å². The van der Waals surface area contributed by atoms with Gasteiger partial charge in [0.05, 0.1) is 23.4 Å². The van der Waals surface area contributed by atoms with E-state index < -0.39 is 11.4 Å². The summed E-state index contributed by atoms with van der Waals surface area (Å²) < 4.78 is 35.9. The van der Waals surface area contributed by atoms with Gasteiger partial charge in [0.15, 0.2) is 5.75 Å². The number of hydrogen-bond acceptors (Lipinski definition) is 5. The summed E-state index contributed by atoms with van der Waals surface area (Å²) in [7, 11) is 1.49. The summed E-state index contributed by atoms with van der Waals surface area (Å²) in [6, 6.07) is 25.6. The molecule has 0 aliphatic heterocycles. The Balaban J connectivity index is 1.39. The van der Waals surface area contributed by atoms with Gasteiger partial charge in [0.2, 0.25) is 4.90 Å². The van der Waals surface area contributed by atoms with Crippen LogP contribution in [0.15, 0.2) is 95.9 Å². The molecule has 4 aromatic rings. The van der Waals surface area contributed by atoms with Crippen molar-refractivity contribution in [3.8, 4) is 16.9 Å². The minimum absolute atomic E-state index is 0.246. The minimum Gasteiger partial charge on any atom is -0.588 e. The summed E-state index contributed by atoms with van der Waals surface area (Å²) >= 11 is 4.39. The van der Waals surface area contributed by atoms with Crippen LogP contribution in [-0.2, 0) is 11.4 Å². The van der Waals surface area contributed by atoms with E-state index in [4.69, 9.17) is 16.3 Å². The number of halogens is 2. The first-order valence-corrected chi connectivity index (χ1v) is 13.0. The van der Waals surface area contributed by atoms with Crippen LogP contribution >= 0.6 is 11.6 Å². The van der Waals surface area contributed by atoms with Gasteiger partial charge < -0.3 is 19.9 Å². The van der Waals surface area contributed by atoms with E-state index in [9.17, 15) is 13.7 Å². The van der Waals surface area contributed by atoms with Crippen molar-refractivity contribution in [2.24, 2.45) is 0 Å². The van der Waals surface area contributed by atoms with E-state index in [2.05, 4.69) is 15.4 Å². The summed E-state index contributed by atoms with van der Waals surface area (Å²) in [5.41, 5.74) is 2.82. The highest BCUT2D eigenvalue weighted by Crippen LogP contribution is 2.32. The molecule has 3 N–H and O–H groups in total. The fourth-order valence-electron chi connectivity index (χ4n) is 3.66. The molecule has 0 fully saturated rings. The fraction of sp³-hybridized carbons (Fsp3) is 0.107. The Kier molecular flexibility index (Phi) is 8.90. The molecule has 1 unspecified atom stereocenters. The molecule has 1 amide bonds. The Labute approximate surface area is 223 Å². The molecule has 190 valence electrons. The van der Waals surface area contributed by atoms with Crippen LogP contribution in [0.3, 0.4) is 0 Å². The van der Waals surface area contributed by atoms with Crippen LogP contribution in [0.4, 0.5) is 15.8 Å². The highest BCUT2D eigenvalue weighted by atomic mass is 35.5. The van der Waals surface area contributed by atoms with Crippen LogP contribution in [0, 0.1) is 5.82 Å². The molecule has 0 aliphatic carbocycles. The predicted octanol–water partition coefficient (Wildman–Crippen LogP) is 6.13. The summed E-state index contributed by atoms with van der Waals surface area (Å²) in [6.45, 7) is 0.856. The van der Waals surface area contributed by atoms with Crippen molar-refractivity contribution in [3.05, 3.63) is 107 Å². The van der Waals surface area contributed by atoms with Crippen LogP contribution in [0.2, 0.25) is 5.02 Å². The Morgan fingerprint density at radius 3 is 2.49 bits per heavy atom. The zero-order valence-electron chi connectivity index (χ0n) is 20.0. The summed E-state index contributed by atoms with van der Waals surface area (Å²) in [4.78, 5) is 12.7. The van der Waals surface area contributed by atoms with Gasteiger partial charge in [-0.3, -0.25) is 4.79 Å². The highest BCUT2D eigenvalue weighted by Gasteiger charge is 2.20. The standard InChI is InChI=1S/C28H25ClFN3O3S/c1-36-26-14-13-19(22-9-3-5-12-25(22)30)17-27(26)37(35)33-21-8-6-7-20(18-21)31-15-16-32-28(34)23-10-2-4-11-24(23)29/h2-14,17-18,31,33H,15-16H2,1H3,(H,32,34). The number of nitrogens with one attached hydrogen (secondary N) is 3. The fourth-order valence-corrected chi connectivity index (χ4v) is 4.90. The van der Waals surface area contributed by atoms with Gasteiger partial charge in [-0.15, -0.1) is 0 Å². The Morgan fingerprint density at radius 1 is 0.946 bits per heavy atom. The van der Waals surface area contributed by atoms with Gasteiger partial charge in [-0.25, -0.2) is 9.11 Å². The summed E-state index contributed by atoms with van der Waals surface area (Å²) in [5, 5.41) is 6.45. The maximum Gasteiger partial charge on any atom is 0.252 e. The molecule has 0 saturated heterocycles. The van der Waals surface area contributed by atoms with Crippen molar-refractivity contribution in [1.29, 1.82) is 0 Å². The highest BCUT2D eigenvalue weighted by molar-refractivity contribution is 7.92. The number of carbonyl (C=O) groups is 1. The normalized spacial score (nSPS) is 11.5. The van der Waals surface area contributed by atoms with E-state index in [0.717, 1.165) is 5.69 Å². The molecule has 0 bridgehead atoms. The van der Waals surface area contributed by atoms with Gasteiger partial charge in [0.25, 0.3) is 5.91 Å². The quantitative estimate of drug-likeness (QED) is 0.167. The summed E-state index contributed by atoms with van der Waals surface area (Å²) in [5.74, 6) is -0.182. The van der Waals surface area contributed by atoms with E-state index >= 15 is 0 Å². The zero-order chi connectivity index (χ0) is 26.2. The Bertz CT molecular complexity index is 1390. The molecular weight excluding hydrogens is 513 g/mol. The van der Waals surface area contributed by atoms with Gasteiger partial charge in [-0.1, -0.05) is 54.1 Å². The van der Waals surface area contributed by atoms with E-state index in [0.29, 0.717) is 51.1 Å². The lowest BCUT2D eigenvalue weighted by Crippen LogP contribution is -2.28. The van der Waals surface area contributed by atoms with E-state index in [-0.39, 0.29) is 11.7 Å². The number of anilines is 2. The van der Waals surface area contributed by atoms with Crippen molar-refractivity contribution in [2.45, 2.75) is 4.90 Å². The molecule has 9 heteroatoms. The predicted molar refractivity (Wildman–Crippen MR) is 147 cm³/mol. The lowest BCUT2D eigenvalue weighted by molar-refractivity contribution is 0.0955. The monoisotopic (exact) mass is 537 g/mol. The molecular formula is C28H25ClFN3O3S. The summed E-state index contributed by atoms with van der Waals surface area (Å²) in [6.07, 6.45) is 0. The second-order valence-corrected chi connectivity index (χ2v) is 9.55. The second kappa shape index (κ2) is 12.5. The third-order valence-electron chi connectivity index (χ3n) is 5.48. The van der Waals surface area contributed by atoms with Crippen molar-refractivity contribution >= 4 is 40.2 Å². The van der Waals surface area contributed by atoms with Gasteiger partial charge in [0.1, 0.15) is 17.2 Å². The molecule has 4 aromatic carbocycles. The van der Waals surface area contributed by atoms with Crippen LogP contribution in [0.25, 0.3) is 11.1 Å². The molecule has 0 aliphatic rings. The molecule has 4 rings (SSSR count). The Morgan fingerprint density at radius 2 is 1.70 bits per heavy atom. The SMILES string of the molecule is COc1ccc(-c2ccccc2F)cc1[S+]([O-])Nc1cccc(NCCNC(=O)c2ccccc2Cl)c1. The molecule has 37 heavy (non-hydrogen) atoms. The van der Waals surface area contributed by atoms with Crippen molar-refractivity contribution < 1.29 is 18.5 Å². The molecule has 0 radical (unpaired) electrons. The number of hydrogen-bond donors (Lipinski definition) is 3. The van der Waals surface area contributed by atoms with Crippen LogP contribution < -0.4 is 20.1 Å². The molecule has 0 aromatic heterocycles. The number of amides is 1. The van der Waals surface area contributed by atoms with Crippen molar-refractivity contribution in [2.75, 3.05) is 30.2 Å². The van der Waals surface area contributed by atoms with Gasteiger partial charge in [-0.2, -0.15) is 0 Å². The lowest BCUT2D eigenvalue weighted by Gasteiger charge is -2.16. The van der Waals surface area contributed by atoms with Gasteiger partial charge in [-0.05, 0) is 48.0 Å². The van der Waals surface area contributed by atoms with E-state index in [1.54, 1.807) is 72.8 Å². The third kappa shape index (κ3) is 6.74. The average Bonchev–Trinajstić information content (AvgIpc) is 2.91. The average molecular weight is 538 g/mol.